The van der Waals surface area contributed by atoms with Gasteiger partial charge in [-0.2, -0.15) is 0 Å². The zero-order chi connectivity index (χ0) is 36.1. The number of fused-ring (bicyclic) bond motifs is 6. The summed E-state index contributed by atoms with van der Waals surface area (Å²) in [6, 6.07) is 14.2. The van der Waals surface area contributed by atoms with Gasteiger partial charge < -0.3 is 39.9 Å². The molecular formula is C38H40N8O6. The second kappa shape index (κ2) is 13.3. The number of benzene rings is 3. The molecule has 0 bridgehead atoms. The lowest BCUT2D eigenvalue weighted by atomic mass is 9.92. The first-order valence-corrected chi connectivity index (χ1v) is 17.6. The van der Waals surface area contributed by atoms with Crippen LogP contribution in [0.25, 0.3) is 44.2 Å². The lowest BCUT2D eigenvalue weighted by molar-refractivity contribution is -0.134. The summed E-state index contributed by atoms with van der Waals surface area (Å²) in [5, 5.41) is 6.95. The van der Waals surface area contributed by atoms with Crippen LogP contribution < -0.4 is 15.4 Å². The molecule has 4 N–H and O–H groups in total. The van der Waals surface area contributed by atoms with Gasteiger partial charge in [-0.25, -0.2) is 14.8 Å². The van der Waals surface area contributed by atoms with E-state index in [2.05, 4.69) is 73.6 Å². The summed E-state index contributed by atoms with van der Waals surface area (Å²) in [5.74, 6) is 2.19. The number of nitrogens with one attached hydrogen (secondary N) is 4. The summed E-state index contributed by atoms with van der Waals surface area (Å²) in [5.41, 5.74) is 6.65. The quantitative estimate of drug-likeness (QED) is 0.168. The number of amides is 4. The highest BCUT2D eigenvalue weighted by molar-refractivity contribution is 6.07. The maximum atomic E-state index is 13.1. The third-order valence-corrected chi connectivity index (χ3v) is 10.6. The van der Waals surface area contributed by atoms with Gasteiger partial charge in [0, 0.05) is 23.5 Å². The minimum atomic E-state index is -0.643. The van der Waals surface area contributed by atoms with Crippen molar-refractivity contribution in [3.05, 3.63) is 65.9 Å². The van der Waals surface area contributed by atoms with E-state index in [9.17, 15) is 19.2 Å². The minimum Gasteiger partial charge on any atom is -0.488 e. The Morgan fingerprint density at radius 1 is 1.00 bits per heavy atom. The molecule has 4 amide bonds. The Kier molecular flexibility index (Phi) is 8.52. The minimum absolute atomic E-state index is 0.0349. The van der Waals surface area contributed by atoms with Gasteiger partial charge >= 0.3 is 6.09 Å². The van der Waals surface area contributed by atoms with Crippen molar-refractivity contribution in [2.45, 2.75) is 57.8 Å². The van der Waals surface area contributed by atoms with E-state index in [0.29, 0.717) is 25.4 Å². The maximum Gasteiger partial charge on any atom is 0.407 e. The zero-order valence-electron chi connectivity index (χ0n) is 29.2. The fourth-order valence-electron chi connectivity index (χ4n) is 8.08. The third-order valence-electron chi connectivity index (χ3n) is 10.6. The summed E-state index contributed by atoms with van der Waals surface area (Å²) < 4.78 is 11.0. The molecule has 2 saturated heterocycles. The van der Waals surface area contributed by atoms with E-state index in [1.807, 2.05) is 24.1 Å². The normalized spacial score (nSPS) is 20.8. The lowest BCUT2D eigenvalue weighted by Crippen LogP contribution is -2.41. The molecule has 5 aromatic rings. The van der Waals surface area contributed by atoms with Crippen molar-refractivity contribution in [1.82, 2.24) is 40.4 Å². The van der Waals surface area contributed by atoms with Gasteiger partial charge in [-0.1, -0.05) is 25.1 Å². The molecule has 14 heteroatoms. The van der Waals surface area contributed by atoms with Crippen LogP contribution in [0.5, 0.6) is 5.75 Å². The predicted octanol–water partition coefficient (Wildman–Crippen LogP) is 4.73. The molecule has 268 valence electrons. The van der Waals surface area contributed by atoms with Crippen LogP contribution >= 0.6 is 0 Å². The highest BCUT2D eigenvalue weighted by Crippen LogP contribution is 2.43. The molecule has 0 aliphatic carbocycles. The third kappa shape index (κ3) is 5.87. The van der Waals surface area contributed by atoms with E-state index in [0.717, 1.165) is 80.6 Å². The number of methoxy groups -OCH3 is 1. The Morgan fingerprint density at radius 3 is 2.69 bits per heavy atom. The van der Waals surface area contributed by atoms with E-state index in [1.54, 1.807) is 4.90 Å². The second-order valence-electron chi connectivity index (χ2n) is 14.0. The van der Waals surface area contributed by atoms with E-state index in [4.69, 9.17) is 9.72 Å². The topological polar surface area (TPSA) is 175 Å². The van der Waals surface area contributed by atoms with E-state index in [-0.39, 0.29) is 48.9 Å². The molecule has 3 aromatic carbocycles. The lowest BCUT2D eigenvalue weighted by Gasteiger charge is -2.27. The second-order valence-corrected chi connectivity index (χ2v) is 14.0. The van der Waals surface area contributed by atoms with Crippen molar-refractivity contribution in [1.29, 1.82) is 0 Å². The summed E-state index contributed by atoms with van der Waals surface area (Å²) in [6.45, 7) is 4.92. The number of aromatic amines is 2. The first kappa shape index (κ1) is 33.2. The molecule has 1 unspecified atom stereocenters. The molecule has 2 fully saturated rings. The van der Waals surface area contributed by atoms with E-state index in [1.165, 1.54) is 7.11 Å². The van der Waals surface area contributed by atoms with Crippen LogP contribution in [0, 0.1) is 5.92 Å². The number of hydrogen-bond donors (Lipinski definition) is 4. The van der Waals surface area contributed by atoms with Gasteiger partial charge in [0.1, 0.15) is 30.5 Å². The largest absolute Gasteiger partial charge is 0.488 e. The molecule has 0 radical (unpaired) electrons. The first-order chi connectivity index (χ1) is 25.2. The number of alkyl carbamates (subject to hydrolysis) is 1. The predicted molar refractivity (Wildman–Crippen MR) is 192 cm³/mol. The molecule has 5 heterocycles. The Labute approximate surface area is 299 Å². The summed E-state index contributed by atoms with van der Waals surface area (Å²) in [6.07, 6.45) is 4.13. The number of likely N-dealkylation sites (tertiary alicyclic amines) is 2. The number of ether oxygens (including phenoxy) is 2. The molecule has 3 aliphatic heterocycles. The Hall–Kier alpha value is -5.92. The highest BCUT2D eigenvalue weighted by atomic mass is 16.5. The van der Waals surface area contributed by atoms with Gasteiger partial charge in [0.25, 0.3) is 0 Å². The van der Waals surface area contributed by atoms with Crippen LogP contribution in [0.3, 0.4) is 0 Å². The van der Waals surface area contributed by atoms with E-state index < -0.39 is 6.09 Å². The van der Waals surface area contributed by atoms with Crippen molar-refractivity contribution < 1.29 is 28.7 Å². The van der Waals surface area contributed by atoms with Crippen LogP contribution in [0.15, 0.2) is 48.7 Å². The van der Waals surface area contributed by atoms with E-state index >= 15 is 0 Å². The van der Waals surface area contributed by atoms with Gasteiger partial charge in [-0.3, -0.25) is 14.4 Å². The number of carbonyl (C=O) groups excluding carboxylic acids is 4. The molecule has 3 aliphatic rings. The van der Waals surface area contributed by atoms with Crippen LogP contribution in [0.1, 0.15) is 62.4 Å². The molecule has 0 saturated carbocycles. The maximum absolute atomic E-state index is 13.1. The number of rotatable bonds is 8. The van der Waals surface area contributed by atoms with Crippen molar-refractivity contribution in [3.63, 3.8) is 0 Å². The van der Waals surface area contributed by atoms with Crippen LogP contribution in [-0.2, 0) is 25.7 Å². The molecule has 52 heavy (non-hydrogen) atoms. The van der Waals surface area contributed by atoms with Gasteiger partial charge in [-0.05, 0) is 78.4 Å². The first-order valence-electron chi connectivity index (χ1n) is 17.6. The number of nitrogens with zero attached hydrogens (tertiary/aromatic N) is 4. The fraction of sp³-hybridized carbons (Fsp3) is 0.368. The molecule has 4 atom stereocenters. The molecule has 14 nitrogen and oxygen atoms in total. The fourth-order valence-corrected chi connectivity index (χ4v) is 8.08. The van der Waals surface area contributed by atoms with Crippen molar-refractivity contribution in [2.75, 3.05) is 26.7 Å². The Bertz CT molecular complexity index is 2230. The molecular weight excluding hydrogens is 664 g/mol. The van der Waals surface area contributed by atoms with Gasteiger partial charge in [0.2, 0.25) is 18.2 Å². The number of imidazole rings is 2. The van der Waals surface area contributed by atoms with Crippen LogP contribution in [-0.4, -0.2) is 86.8 Å². The number of H-pyrrole nitrogens is 2. The van der Waals surface area contributed by atoms with Gasteiger partial charge in [0.05, 0.1) is 48.7 Å². The summed E-state index contributed by atoms with van der Waals surface area (Å²) >= 11 is 0. The van der Waals surface area contributed by atoms with Crippen molar-refractivity contribution in [3.8, 4) is 28.1 Å². The Morgan fingerprint density at radius 2 is 1.87 bits per heavy atom. The highest BCUT2D eigenvalue weighted by Gasteiger charge is 2.38. The average Bonchev–Trinajstić information content (AvgIpc) is 3.97. The molecule has 8 rings (SSSR count). The molecule has 0 spiro atoms. The number of aromatic nitrogens is 4. The van der Waals surface area contributed by atoms with Crippen LogP contribution in [0.4, 0.5) is 4.79 Å². The number of carbonyl (C=O) groups is 4. The van der Waals surface area contributed by atoms with Gasteiger partial charge in [0.15, 0.2) is 0 Å². The standard InChI is InChI=1S/C38H40N8O6/c1-20-10-31(45(17-20)33(48)16-41-38(50)51-3)37-42-28-8-6-22-12-27-25-7-5-23(11-24(25)18-52-32(27)13-26(22)35(28)44-37)29-14-40-36(43-29)30-9-4-21(2)46(30)34(49)15-39-19-47/h5-8,11-14,19-21,30-31H,4,9-10,15-18H2,1-3H3,(H,39,47)(H,40,43)(H,41,50)(H,42,44)/t20-,21-,30?,31-/m0/s1. The van der Waals surface area contributed by atoms with Crippen molar-refractivity contribution >= 4 is 46.1 Å². The monoisotopic (exact) mass is 704 g/mol. The SMILES string of the molecule is COC(=O)NCC(=O)N1C[C@@H](C)C[C@H]1c1nc2c(ccc3cc4c(cc32)OCc2cc(-c3cnc(C5CC[C@H](C)N5C(=O)CNC=O)[nH]3)ccc2-4)[nH]1. The van der Waals surface area contributed by atoms with Crippen molar-refractivity contribution in [2.24, 2.45) is 5.92 Å². The Balaban J connectivity index is 1.05. The van der Waals surface area contributed by atoms with Crippen LogP contribution in [0.2, 0.25) is 0 Å². The zero-order valence-corrected chi connectivity index (χ0v) is 29.2. The molecule has 2 aromatic heterocycles. The van der Waals surface area contributed by atoms with Gasteiger partial charge in [-0.15, -0.1) is 0 Å². The average molecular weight is 705 g/mol. The summed E-state index contributed by atoms with van der Waals surface area (Å²) in [4.78, 5) is 68.5. The number of hydrogen-bond acceptors (Lipinski definition) is 8. The smallest absolute Gasteiger partial charge is 0.407 e. The summed E-state index contributed by atoms with van der Waals surface area (Å²) in [7, 11) is 1.27.